The van der Waals surface area contributed by atoms with Gasteiger partial charge >= 0.3 is 7.82 Å². The molecule has 0 fully saturated rings. The highest BCUT2D eigenvalue weighted by Gasteiger charge is 2.31. The van der Waals surface area contributed by atoms with Gasteiger partial charge in [0.15, 0.2) is 6.17 Å². The van der Waals surface area contributed by atoms with Crippen molar-refractivity contribution in [3.63, 3.8) is 0 Å². The van der Waals surface area contributed by atoms with Crippen molar-refractivity contribution in [2.24, 2.45) is 5.92 Å². The van der Waals surface area contributed by atoms with E-state index < -0.39 is 32.9 Å². The van der Waals surface area contributed by atoms with Gasteiger partial charge in [-0.2, -0.15) is 0 Å². The van der Waals surface area contributed by atoms with E-state index in [0.29, 0.717) is 0 Å². The van der Waals surface area contributed by atoms with Crippen LogP contribution in [0.25, 0.3) is 0 Å². The van der Waals surface area contributed by atoms with Gasteiger partial charge in [-0.15, -0.1) is 6.58 Å². The fourth-order valence-electron chi connectivity index (χ4n) is 1.01. The van der Waals surface area contributed by atoms with E-state index in [9.17, 15) is 17.7 Å². The Morgan fingerprint density at radius 1 is 1.41 bits per heavy atom. The molecule has 0 saturated carbocycles. The molecule has 4 nitrogen and oxygen atoms in total. The summed E-state index contributed by atoms with van der Waals surface area (Å²) in [6.45, 7) is 3.91. The SMILES string of the molecule is C=CCOP(=O)(O)OCC(CC)C(F)C(F)F. The molecule has 3 unspecified atom stereocenters. The molecule has 8 heteroatoms. The van der Waals surface area contributed by atoms with Gasteiger partial charge in [0.1, 0.15) is 0 Å². The minimum absolute atomic E-state index is 0.0625. The molecule has 0 aromatic carbocycles. The fourth-order valence-corrected chi connectivity index (χ4v) is 1.76. The Balaban J connectivity index is 4.22. The number of phosphoric acid groups is 1. The van der Waals surface area contributed by atoms with Crippen molar-refractivity contribution >= 4 is 7.82 Å². The predicted molar refractivity (Wildman–Crippen MR) is 56.6 cm³/mol. The van der Waals surface area contributed by atoms with Gasteiger partial charge in [-0.1, -0.05) is 13.0 Å². The van der Waals surface area contributed by atoms with E-state index in [1.54, 1.807) is 0 Å². The quantitative estimate of drug-likeness (QED) is 0.519. The summed E-state index contributed by atoms with van der Waals surface area (Å²) in [5.74, 6) is -1.15. The van der Waals surface area contributed by atoms with E-state index >= 15 is 0 Å². The molecular weight excluding hydrogens is 260 g/mol. The van der Waals surface area contributed by atoms with Crippen LogP contribution < -0.4 is 0 Å². The second-order valence-corrected chi connectivity index (χ2v) is 4.75. The molecule has 17 heavy (non-hydrogen) atoms. The van der Waals surface area contributed by atoms with Crippen molar-refractivity contribution in [2.75, 3.05) is 13.2 Å². The van der Waals surface area contributed by atoms with Crippen LogP contribution in [0, 0.1) is 5.92 Å². The first kappa shape index (κ1) is 16.6. The molecule has 0 aromatic heterocycles. The van der Waals surface area contributed by atoms with Crippen molar-refractivity contribution < 1.29 is 31.7 Å². The number of halogens is 3. The summed E-state index contributed by atoms with van der Waals surface area (Å²) in [6.07, 6.45) is -4.25. The summed E-state index contributed by atoms with van der Waals surface area (Å²) in [7, 11) is -4.33. The number of hydrogen-bond donors (Lipinski definition) is 1. The molecule has 0 radical (unpaired) electrons. The Morgan fingerprint density at radius 2 is 2.00 bits per heavy atom. The zero-order valence-corrected chi connectivity index (χ0v) is 10.3. The lowest BCUT2D eigenvalue weighted by molar-refractivity contribution is -0.00305. The Morgan fingerprint density at radius 3 is 2.41 bits per heavy atom. The Labute approximate surface area is 98.0 Å². The van der Waals surface area contributed by atoms with Gasteiger partial charge in [0.25, 0.3) is 6.43 Å². The molecular formula is C9H16F3O4P. The lowest BCUT2D eigenvalue weighted by Gasteiger charge is -2.20. The molecule has 0 aliphatic carbocycles. The lowest BCUT2D eigenvalue weighted by atomic mass is 10.0. The van der Waals surface area contributed by atoms with Crippen LogP contribution in [-0.4, -0.2) is 30.7 Å². The molecule has 0 saturated heterocycles. The maximum absolute atomic E-state index is 13.0. The average Bonchev–Trinajstić information content (AvgIpc) is 2.26. The van der Waals surface area contributed by atoms with Crippen molar-refractivity contribution in [2.45, 2.75) is 25.9 Å². The van der Waals surface area contributed by atoms with E-state index in [0.717, 1.165) is 0 Å². The second-order valence-electron chi connectivity index (χ2n) is 3.30. The first-order valence-electron chi connectivity index (χ1n) is 4.99. The first-order chi connectivity index (χ1) is 7.84. The van der Waals surface area contributed by atoms with Crippen LogP contribution in [-0.2, 0) is 13.6 Å². The molecule has 0 aromatic rings. The molecule has 0 aliphatic rings. The largest absolute Gasteiger partial charge is 0.472 e. The molecule has 102 valence electrons. The molecule has 0 amide bonds. The summed E-state index contributed by atoms with van der Waals surface area (Å²) < 4.78 is 57.1. The van der Waals surface area contributed by atoms with E-state index in [2.05, 4.69) is 15.6 Å². The molecule has 3 atom stereocenters. The third kappa shape index (κ3) is 6.83. The first-order valence-corrected chi connectivity index (χ1v) is 6.48. The normalized spacial score (nSPS) is 18.7. The topological polar surface area (TPSA) is 55.8 Å². The van der Waals surface area contributed by atoms with E-state index in [4.69, 9.17) is 4.89 Å². The Bertz CT molecular complexity index is 275. The van der Waals surface area contributed by atoms with Gasteiger partial charge in [-0.3, -0.25) is 9.05 Å². The number of hydrogen-bond acceptors (Lipinski definition) is 3. The molecule has 1 N–H and O–H groups in total. The van der Waals surface area contributed by atoms with E-state index in [-0.39, 0.29) is 13.0 Å². The predicted octanol–water partition coefficient (Wildman–Crippen LogP) is 2.94. The van der Waals surface area contributed by atoms with Crippen LogP contribution in [0.3, 0.4) is 0 Å². The highest BCUT2D eigenvalue weighted by Crippen LogP contribution is 2.44. The highest BCUT2D eigenvalue weighted by atomic mass is 31.2. The zero-order chi connectivity index (χ0) is 13.5. The fraction of sp³-hybridized carbons (Fsp3) is 0.778. The van der Waals surface area contributed by atoms with Crippen LogP contribution in [0.5, 0.6) is 0 Å². The summed E-state index contributed by atoms with van der Waals surface area (Å²) in [4.78, 5) is 9.06. The van der Waals surface area contributed by atoms with Crippen molar-refractivity contribution in [3.05, 3.63) is 12.7 Å². The maximum Gasteiger partial charge on any atom is 0.472 e. The van der Waals surface area contributed by atoms with E-state index in [1.165, 1.54) is 13.0 Å². The smallest absolute Gasteiger partial charge is 0.302 e. The average molecular weight is 276 g/mol. The maximum atomic E-state index is 13.0. The third-order valence-corrected chi connectivity index (χ3v) is 2.97. The summed E-state index contributed by atoms with van der Waals surface area (Å²) in [6, 6.07) is 0. The Hall–Kier alpha value is -0.360. The molecule has 0 aliphatic heterocycles. The molecule has 0 spiro atoms. The summed E-state index contributed by atoms with van der Waals surface area (Å²) in [5, 5.41) is 0. The molecule has 0 rings (SSSR count). The molecule has 0 bridgehead atoms. The van der Waals surface area contributed by atoms with Crippen molar-refractivity contribution in [1.82, 2.24) is 0 Å². The molecule has 0 heterocycles. The van der Waals surface area contributed by atoms with Crippen LogP contribution in [0.4, 0.5) is 13.2 Å². The number of rotatable bonds is 9. The summed E-state index contributed by atoms with van der Waals surface area (Å²) in [5.41, 5.74) is 0. The number of alkyl halides is 3. The lowest BCUT2D eigenvalue weighted by Crippen LogP contribution is -2.27. The van der Waals surface area contributed by atoms with Crippen LogP contribution in [0.2, 0.25) is 0 Å². The summed E-state index contributed by atoms with van der Waals surface area (Å²) >= 11 is 0. The monoisotopic (exact) mass is 276 g/mol. The zero-order valence-electron chi connectivity index (χ0n) is 9.39. The standard InChI is InChI=1S/C9H16F3O4P/c1-3-5-15-17(13,14)16-6-7(4-2)8(10)9(11)12/h3,7-9H,1,4-6H2,2H3,(H,13,14). The minimum atomic E-state index is -4.33. The minimum Gasteiger partial charge on any atom is -0.302 e. The van der Waals surface area contributed by atoms with Gasteiger partial charge in [-0.05, 0) is 6.42 Å². The van der Waals surface area contributed by atoms with Crippen LogP contribution in [0.15, 0.2) is 12.7 Å². The van der Waals surface area contributed by atoms with Gasteiger partial charge in [0, 0.05) is 5.92 Å². The highest BCUT2D eigenvalue weighted by molar-refractivity contribution is 7.47. The van der Waals surface area contributed by atoms with Gasteiger partial charge in [-0.25, -0.2) is 17.7 Å². The van der Waals surface area contributed by atoms with Crippen molar-refractivity contribution in [3.8, 4) is 0 Å². The van der Waals surface area contributed by atoms with E-state index in [1.807, 2.05) is 0 Å². The van der Waals surface area contributed by atoms with Gasteiger partial charge < -0.3 is 4.89 Å². The van der Waals surface area contributed by atoms with Gasteiger partial charge in [0.2, 0.25) is 0 Å². The number of phosphoric ester groups is 1. The van der Waals surface area contributed by atoms with Crippen LogP contribution in [0.1, 0.15) is 13.3 Å². The van der Waals surface area contributed by atoms with Crippen LogP contribution >= 0.6 is 7.82 Å². The Kier molecular flexibility index (Phi) is 7.70. The van der Waals surface area contributed by atoms with Crippen molar-refractivity contribution in [1.29, 1.82) is 0 Å². The third-order valence-electron chi connectivity index (χ3n) is 2.02. The van der Waals surface area contributed by atoms with Gasteiger partial charge in [0.05, 0.1) is 13.2 Å². The second kappa shape index (κ2) is 7.87.